The molecule has 1 fully saturated rings. The van der Waals surface area contributed by atoms with E-state index in [1.165, 1.54) is 5.41 Å². The minimum Gasteiger partial charge on any atom is -0.356 e. The van der Waals surface area contributed by atoms with E-state index in [0.717, 1.165) is 56.1 Å². The van der Waals surface area contributed by atoms with Crippen LogP contribution in [-0.4, -0.2) is 49.3 Å². The van der Waals surface area contributed by atoms with E-state index in [0.29, 0.717) is 6.04 Å². The smallest absolute Gasteiger partial charge is 0.173 e. The molecule has 2 aliphatic heterocycles. The van der Waals surface area contributed by atoms with Crippen molar-refractivity contribution >= 4 is 15.7 Å². The summed E-state index contributed by atoms with van der Waals surface area (Å²) in [7, 11) is -2.99. The van der Waals surface area contributed by atoms with Crippen molar-refractivity contribution in [3.8, 4) is 0 Å². The molecular weight excluding hydrogens is 324 g/mol. The van der Waals surface area contributed by atoms with Gasteiger partial charge in [0.15, 0.2) is 9.84 Å². The van der Waals surface area contributed by atoms with Crippen LogP contribution in [0.3, 0.4) is 0 Å². The molecule has 0 unspecified atom stereocenters. The highest BCUT2D eigenvalue weighted by Crippen LogP contribution is 2.20. The summed E-state index contributed by atoms with van der Waals surface area (Å²) >= 11 is 0. The monoisotopic (exact) mass is 350 g/mol. The number of sulfone groups is 1. The molecule has 0 aliphatic carbocycles. The van der Waals surface area contributed by atoms with Gasteiger partial charge < -0.3 is 10.2 Å². The van der Waals surface area contributed by atoms with Gasteiger partial charge in [-0.05, 0) is 26.2 Å². The van der Waals surface area contributed by atoms with Crippen LogP contribution in [0.5, 0.6) is 0 Å². The number of nitrogens with one attached hydrogen (secondary N) is 1. The lowest BCUT2D eigenvalue weighted by Gasteiger charge is -2.34. The molecule has 24 heavy (non-hydrogen) atoms. The highest BCUT2D eigenvalue weighted by molar-refractivity contribution is 7.94. The van der Waals surface area contributed by atoms with Crippen molar-refractivity contribution < 1.29 is 8.42 Å². The molecule has 6 nitrogen and oxygen atoms in total. The van der Waals surface area contributed by atoms with E-state index >= 15 is 0 Å². The van der Waals surface area contributed by atoms with Gasteiger partial charge in [-0.2, -0.15) is 0 Å². The van der Waals surface area contributed by atoms with Crippen molar-refractivity contribution in [3.05, 3.63) is 29.1 Å². The number of piperidine rings is 1. The van der Waals surface area contributed by atoms with Crippen LogP contribution in [0, 0.1) is 6.92 Å². The van der Waals surface area contributed by atoms with Gasteiger partial charge >= 0.3 is 0 Å². The number of anilines is 1. The van der Waals surface area contributed by atoms with Gasteiger partial charge in [0.25, 0.3) is 0 Å². The summed E-state index contributed by atoms with van der Waals surface area (Å²) in [6, 6.07) is 2.38. The topological polar surface area (TPSA) is 75.2 Å². The molecule has 0 bridgehead atoms. The first-order valence-corrected chi connectivity index (χ1v) is 10.4. The Morgan fingerprint density at radius 2 is 2.04 bits per heavy atom. The second-order valence-corrected chi connectivity index (χ2v) is 8.66. The van der Waals surface area contributed by atoms with Crippen LogP contribution in [0.15, 0.2) is 17.6 Å². The zero-order valence-electron chi connectivity index (χ0n) is 14.4. The zero-order valence-corrected chi connectivity index (χ0v) is 15.2. The third-order valence-corrected chi connectivity index (χ3v) is 5.95. The molecule has 0 saturated carbocycles. The number of nitrogens with zero attached hydrogens (tertiary/aromatic N) is 3. The van der Waals surface area contributed by atoms with E-state index in [4.69, 9.17) is 4.98 Å². The summed E-state index contributed by atoms with van der Waals surface area (Å²) < 4.78 is 23.0. The molecule has 0 aromatic carbocycles. The number of aromatic nitrogens is 2. The first-order chi connectivity index (χ1) is 11.4. The van der Waals surface area contributed by atoms with E-state index in [1.807, 2.05) is 6.92 Å². The third kappa shape index (κ3) is 4.33. The van der Waals surface area contributed by atoms with Gasteiger partial charge in [-0.3, -0.25) is 0 Å². The quantitative estimate of drug-likeness (QED) is 0.869. The van der Waals surface area contributed by atoms with Crippen molar-refractivity contribution in [2.45, 2.75) is 51.6 Å². The Kier molecular flexibility index (Phi) is 5.20. The SMILES string of the molecule is CCCc1nc(C)cc(N2CCC(N[C@H]3C=CS(=O)(=O)C3)CC2)n1. The predicted octanol–water partition coefficient (Wildman–Crippen LogP) is 1.61. The minimum absolute atomic E-state index is 0.0380. The van der Waals surface area contributed by atoms with E-state index in [2.05, 4.69) is 28.2 Å². The maximum Gasteiger partial charge on any atom is 0.173 e. The van der Waals surface area contributed by atoms with Gasteiger partial charge in [-0.25, -0.2) is 18.4 Å². The van der Waals surface area contributed by atoms with Crippen LogP contribution >= 0.6 is 0 Å². The minimum atomic E-state index is -2.99. The Labute approximate surface area is 144 Å². The summed E-state index contributed by atoms with van der Waals surface area (Å²) in [5.41, 5.74) is 1.02. The first-order valence-electron chi connectivity index (χ1n) is 8.71. The van der Waals surface area contributed by atoms with Crippen molar-refractivity contribution in [2.75, 3.05) is 23.7 Å². The third-order valence-electron chi connectivity index (χ3n) is 4.56. The Morgan fingerprint density at radius 1 is 1.29 bits per heavy atom. The van der Waals surface area contributed by atoms with E-state index < -0.39 is 9.84 Å². The lowest BCUT2D eigenvalue weighted by atomic mass is 10.0. The normalized spacial score (nSPS) is 23.8. The van der Waals surface area contributed by atoms with Gasteiger partial charge in [0, 0.05) is 48.8 Å². The Bertz CT molecular complexity index is 709. The molecular formula is C17H26N4O2S. The molecule has 2 aliphatic rings. The van der Waals surface area contributed by atoms with Crippen LogP contribution in [0.2, 0.25) is 0 Å². The second-order valence-electron chi connectivity index (χ2n) is 6.73. The average molecular weight is 350 g/mol. The van der Waals surface area contributed by atoms with Gasteiger partial charge in [0.1, 0.15) is 11.6 Å². The molecule has 3 rings (SSSR count). The summed E-state index contributed by atoms with van der Waals surface area (Å²) in [5.74, 6) is 2.14. The van der Waals surface area contributed by atoms with Crippen LogP contribution in [-0.2, 0) is 16.3 Å². The van der Waals surface area contributed by atoms with Crippen LogP contribution in [0.1, 0.15) is 37.7 Å². The number of hydrogen-bond acceptors (Lipinski definition) is 6. The fourth-order valence-corrected chi connectivity index (χ4v) is 4.62. The van der Waals surface area contributed by atoms with Crippen LogP contribution < -0.4 is 10.2 Å². The molecule has 1 N–H and O–H groups in total. The van der Waals surface area contributed by atoms with Crippen molar-refractivity contribution in [1.29, 1.82) is 0 Å². The lowest BCUT2D eigenvalue weighted by Crippen LogP contribution is -2.46. The van der Waals surface area contributed by atoms with Crippen LogP contribution in [0.25, 0.3) is 0 Å². The lowest BCUT2D eigenvalue weighted by molar-refractivity contribution is 0.400. The molecule has 0 amide bonds. The summed E-state index contributed by atoms with van der Waals surface area (Å²) in [4.78, 5) is 11.5. The molecule has 7 heteroatoms. The van der Waals surface area contributed by atoms with E-state index in [9.17, 15) is 8.42 Å². The molecule has 1 saturated heterocycles. The summed E-state index contributed by atoms with van der Waals surface area (Å²) in [6.45, 7) is 6.03. The van der Waals surface area contributed by atoms with Crippen molar-refractivity contribution in [3.63, 3.8) is 0 Å². The summed E-state index contributed by atoms with van der Waals surface area (Å²) in [6.07, 6.45) is 5.72. The fourth-order valence-electron chi connectivity index (χ4n) is 3.37. The zero-order chi connectivity index (χ0) is 17.2. The number of hydrogen-bond donors (Lipinski definition) is 1. The second kappa shape index (κ2) is 7.19. The number of aryl methyl sites for hydroxylation is 2. The highest BCUT2D eigenvalue weighted by Gasteiger charge is 2.26. The van der Waals surface area contributed by atoms with Crippen molar-refractivity contribution in [2.24, 2.45) is 0 Å². The molecule has 1 aromatic heterocycles. The van der Waals surface area contributed by atoms with Crippen LogP contribution in [0.4, 0.5) is 5.82 Å². The Balaban J connectivity index is 1.56. The molecule has 0 spiro atoms. The summed E-state index contributed by atoms with van der Waals surface area (Å²) in [5, 5.41) is 4.80. The van der Waals surface area contributed by atoms with E-state index in [-0.39, 0.29) is 11.8 Å². The molecule has 1 aromatic rings. The number of rotatable bonds is 5. The molecule has 3 heterocycles. The Morgan fingerprint density at radius 3 is 2.67 bits per heavy atom. The Hall–Kier alpha value is -1.47. The first kappa shape index (κ1) is 17.4. The van der Waals surface area contributed by atoms with E-state index in [1.54, 1.807) is 6.08 Å². The molecule has 132 valence electrons. The van der Waals surface area contributed by atoms with Gasteiger partial charge in [0.05, 0.1) is 5.75 Å². The molecule has 0 radical (unpaired) electrons. The molecule has 1 atom stereocenters. The largest absolute Gasteiger partial charge is 0.356 e. The van der Waals surface area contributed by atoms with Gasteiger partial charge in [-0.1, -0.05) is 13.0 Å². The predicted molar refractivity (Wildman–Crippen MR) is 95.8 cm³/mol. The fraction of sp³-hybridized carbons (Fsp3) is 0.647. The average Bonchev–Trinajstić information content (AvgIpc) is 2.86. The highest BCUT2D eigenvalue weighted by atomic mass is 32.2. The van der Waals surface area contributed by atoms with Crippen molar-refractivity contribution in [1.82, 2.24) is 15.3 Å². The standard InChI is InChI=1S/C17H26N4O2S/c1-3-4-16-18-13(2)11-17(20-16)21-8-5-14(6-9-21)19-15-7-10-24(22,23)12-15/h7,10-11,14-15,19H,3-6,8-9,12H2,1-2H3/t15-/m0/s1. The van der Waals surface area contributed by atoms with Gasteiger partial charge in [-0.15, -0.1) is 0 Å². The maximum atomic E-state index is 11.5. The van der Waals surface area contributed by atoms with Gasteiger partial charge in [0.2, 0.25) is 0 Å². The maximum absolute atomic E-state index is 11.5.